The molecular formula is C15H16BrNO3. The second-order valence-electron chi connectivity index (χ2n) is 5.06. The largest absolute Gasteiger partial charge is 0.480 e. The van der Waals surface area contributed by atoms with E-state index in [1.807, 2.05) is 24.3 Å². The monoisotopic (exact) mass is 337 g/mol. The van der Waals surface area contributed by atoms with Crippen LogP contribution in [-0.2, 0) is 9.59 Å². The van der Waals surface area contributed by atoms with E-state index < -0.39 is 11.5 Å². The lowest BCUT2D eigenvalue weighted by Crippen LogP contribution is -2.50. The second-order valence-corrected chi connectivity index (χ2v) is 5.97. The SMILES string of the molecule is CC1(C(=O)O)CCCN1C(=O)C=Cc1ccc(Br)cc1. The van der Waals surface area contributed by atoms with Crippen LogP contribution >= 0.6 is 15.9 Å². The van der Waals surface area contributed by atoms with Crippen LogP contribution in [0.15, 0.2) is 34.8 Å². The van der Waals surface area contributed by atoms with Crippen LogP contribution in [0.25, 0.3) is 6.08 Å². The van der Waals surface area contributed by atoms with E-state index in [1.165, 1.54) is 11.0 Å². The van der Waals surface area contributed by atoms with Crippen molar-refractivity contribution in [2.75, 3.05) is 6.54 Å². The standard InChI is InChI=1S/C15H16BrNO3/c1-15(14(19)20)9-2-10-17(15)13(18)8-5-11-3-6-12(16)7-4-11/h3-8H,2,9-10H2,1H3,(H,19,20). The van der Waals surface area contributed by atoms with Gasteiger partial charge in [-0.3, -0.25) is 4.79 Å². The van der Waals surface area contributed by atoms with Crippen LogP contribution in [0.1, 0.15) is 25.3 Å². The van der Waals surface area contributed by atoms with Crippen molar-refractivity contribution in [3.8, 4) is 0 Å². The molecule has 0 spiro atoms. The summed E-state index contributed by atoms with van der Waals surface area (Å²) in [6.45, 7) is 2.10. The fraction of sp³-hybridized carbons (Fsp3) is 0.333. The van der Waals surface area contributed by atoms with E-state index in [2.05, 4.69) is 15.9 Å². The van der Waals surface area contributed by atoms with E-state index in [0.29, 0.717) is 13.0 Å². The molecule has 1 amide bonds. The summed E-state index contributed by atoms with van der Waals surface area (Å²) in [7, 11) is 0. The third-order valence-corrected chi connectivity index (χ3v) is 4.18. The third kappa shape index (κ3) is 2.93. The molecule has 0 radical (unpaired) electrons. The zero-order valence-electron chi connectivity index (χ0n) is 11.2. The van der Waals surface area contributed by atoms with Gasteiger partial charge in [-0.15, -0.1) is 0 Å². The lowest BCUT2D eigenvalue weighted by atomic mass is 9.99. The number of amides is 1. The molecule has 1 N–H and O–H groups in total. The molecule has 0 saturated carbocycles. The van der Waals surface area contributed by atoms with E-state index in [0.717, 1.165) is 16.5 Å². The summed E-state index contributed by atoms with van der Waals surface area (Å²) >= 11 is 3.35. The third-order valence-electron chi connectivity index (χ3n) is 3.66. The second kappa shape index (κ2) is 5.79. The van der Waals surface area contributed by atoms with Crippen molar-refractivity contribution >= 4 is 33.9 Å². The predicted octanol–water partition coefficient (Wildman–Crippen LogP) is 2.93. The van der Waals surface area contributed by atoms with Crippen molar-refractivity contribution < 1.29 is 14.7 Å². The Morgan fingerprint density at radius 3 is 2.60 bits per heavy atom. The number of halogens is 1. The number of benzene rings is 1. The van der Waals surface area contributed by atoms with E-state index >= 15 is 0 Å². The van der Waals surface area contributed by atoms with Crippen LogP contribution in [0.2, 0.25) is 0 Å². The first-order valence-electron chi connectivity index (χ1n) is 6.42. The Bertz CT molecular complexity index is 553. The minimum atomic E-state index is -1.08. The smallest absolute Gasteiger partial charge is 0.329 e. The van der Waals surface area contributed by atoms with Crippen LogP contribution < -0.4 is 0 Å². The molecule has 2 rings (SSSR count). The molecule has 1 unspecified atom stereocenters. The summed E-state index contributed by atoms with van der Waals surface area (Å²) in [6, 6.07) is 7.55. The number of hydrogen-bond acceptors (Lipinski definition) is 2. The number of rotatable bonds is 3. The van der Waals surface area contributed by atoms with Crippen LogP contribution in [0, 0.1) is 0 Å². The summed E-state index contributed by atoms with van der Waals surface area (Å²) in [4.78, 5) is 24.9. The number of carbonyl (C=O) groups is 2. The Hall–Kier alpha value is -1.62. The minimum absolute atomic E-state index is 0.254. The molecule has 0 bridgehead atoms. The molecule has 20 heavy (non-hydrogen) atoms. The zero-order chi connectivity index (χ0) is 14.8. The molecule has 1 saturated heterocycles. The molecule has 4 nitrogen and oxygen atoms in total. The molecule has 1 aliphatic rings. The first-order chi connectivity index (χ1) is 9.43. The van der Waals surface area contributed by atoms with Gasteiger partial charge < -0.3 is 10.0 Å². The van der Waals surface area contributed by atoms with Gasteiger partial charge in [-0.1, -0.05) is 28.1 Å². The number of hydrogen-bond donors (Lipinski definition) is 1. The number of aliphatic carboxylic acids is 1. The number of carbonyl (C=O) groups excluding carboxylic acids is 1. The van der Waals surface area contributed by atoms with Crippen molar-refractivity contribution in [1.29, 1.82) is 0 Å². The quantitative estimate of drug-likeness (QED) is 0.862. The Labute approximate surface area is 126 Å². The maximum atomic E-state index is 12.2. The van der Waals surface area contributed by atoms with Gasteiger partial charge in [0.25, 0.3) is 0 Å². The van der Waals surface area contributed by atoms with Crippen LogP contribution in [0.4, 0.5) is 0 Å². The molecule has 1 atom stereocenters. The van der Waals surface area contributed by atoms with Gasteiger partial charge in [-0.2, -0.15) is 0 Å². The number of carboxylic acid groups (broad SMARTS) is 1. The van der Waals surface area contributed by atoms with Crippen molar-refractivity contribution in [1.82, 2.24) is 4.90 Å². The normalized spacial score (nSPS) is 22.4. The van der Waals surface area contributed by atoms with Crippen LogP contribution in [-0.4, -0.2) is 34.0 Å². The van der Waals surface area contributed by atoms with Gasteiger partial charge >= 0.3 is 5.97 Å². The first kappa shape index (κ1) is 14.8. The lowest BCUT2D eigenvalue weighted by Gasteiger charge is -2.30. The van der Waals surface area contributed by atoms with Gasteiger partial charge in [0, 0.05) is 17.1 Å². The summed E-state index contributed by atoms with van der Waals surface area (Å²) < 4.78 is 0.971. The van der Waals surface area contributed by atoms with E-state index in [9.17, 15) is 14.7 Å². The molecule has 1 aromatic rings. The fourth-order valence-electron chi connectivity index (χ4n) is 2.37. The zero-order valence-corrected chi connectivity index (χ0v) is 12.8. The van der Waals surface area contributed by atoms with Crippen LogP contribution in [0.3, 0.4) is 0 Å². The molecule has 1 aliphatic heterocycles. The average molecular weight is 338 g/mol. The van der Waals surface area contributed by atoms with Crippen molar-refractivity contribution in [2.45, 2.75) is 25.3 Å². The van der Waals surface area contributed by atoms with Gasteiger partial charge in [0.1, 0.15) is 5.54 Å². The molecule has 0 aliphatic carbocycles. The fourth-order valence-corrected chi connectivity index (χ4v) is 2.63. The maximum Gasteiger partial charge on any atom is 0.329 e. The predicted molar refractivity (Wildman–Crippen MR) is 80.2 cm³/mol. The van der Waals surface area contributed by atoms with Crippen molar-refractivity contribution in [3.63, 3.8) is 0 Å². The highest BCUT2D eigenvalue weighted by molar-refractivity contribution is 9.10. The molecular weight excluding hydrogens is 322 g/mol. The van der Waals surface area contributed by atoms with Gasteiger partial charge in [0.05, 0.1) is 0 Å². The highest BCUT2D eigenvalue weighted by atomic mass is 79.9. The number of likely N-dealkylation sites (tertiary alicyclic amines) is 1. The molecule has 1 heterocycles. The van der Waals surface area contributed by atoms with E-state index in [-0.39, 0.29) is 5.91 Å². The summed E-state index contributed by atoms with van der Waals surface area (Å²) in [6.07, 6.45) is 4.37. The number of carboxylic acids is 1. The van der Waals surface area contributed by atoms with Gasteiger partial charge in [-0.05, 0) is 43.5 Å². The summed E-state index contributed by atoms with van der Waals surface area (Å²) in [5, 5.41) is 9.28. The van der Waals surface area contributed by atoms with Crippen molar-refractivity contribution in [3.05, 3.63) is 40.4 Å². The van der Waals surface area contributed by atoms with Gasteiger partial charge in [0.2, 0.25) is 5.91 Å². The lowest BCUT2D eigenvalue weighted by molar-refractivity contribution is -0.153. The Morgan fingerprint density at radius 1 is 1.35 bits per heavy atom. The van der Waals surface area contributed by atoms with Gasteiger partial charge in [0.15, 0.2) is 0 Å². The number of nitrogens with zero attached hydrogens (tertiary/aromatic N) is 1. The first-order valence-corrected chi connectivity index (χ1v) is 7.21. The molecule has 5 heteroatoms. The molecule has 1 fully saturated rings. The maximum absolute atomic E-state index is 12.2. The van der Waals surface area contributed by atoms with Crippen molar-refractivity contribution in [2.24, 2.45) is 0 Å². The highest BCUT2D eigenvalue weighted by Crippen LogP contribution is 2.29. The molecule has 0 aromatic heterocycles. The average Bonchev–Trinajstić information content (AvgIpc) is 2.81. The van der Waals surface area contributed by atoms with E-state index in [1.54, 1.807) is 13.0 Å². The van der Waals surface area contributed by atoms with E-state index in [4.69, 9.17) is 0 Å². The molecule has 1 aromatic carbocycles. The molecule has 106 valence electrons. The van der Waals surface area contributed by atoms with Crippen LogP contribution in [0.5, 0.6) is 0 Å². The highest BCUT2D eigenvalue weighted by Gasteiger charge is 2.45. The summed E-state index contributed by atoms with van der Waals surface area (Å²) in [5.41, 5.74) is -0.181. The Balaban J connectivity index is 2.12. The Morgan fingerprint density at radius 2 is 2.00 bits per heavy atom. The Kier molecular flexibility index (Phi) is 4.28. The summed E-state index contributed by atoms with van der Waals surface area (Å²) in [5.74, 6) is -1.20. The van der Waals surface area contributed by atoms with Gasteiger partial charge in [-0.25, -0.2) is 4.79 Å². The topological polar surface area (TPSA) is 57.6 Å². The minimum Gasteiger partial charge on any atom is -0.480 e.